The molecule has 0 radical (unpaired) electrons. The summed E-state index contributed by atoms with van der Waals surface area (Å²) < 4.78 is 30.2. The molecule has 0 spiro atoms. The molecular formula is C8H12N4O5S2. The van der Waals surface area contributed by atoms with Gasteiger partial charge in [0.15, 0.2) is 9.90 Å². The van der Waals surface area contributed by atoms with Crippen LogP contribution in [0.2, 0.25) is 0 Å². The first kappa shape index (κ1) is 15.3. The minimum atomic E-state index is -3.89. The molecule has 11 heteroatoms. The maximum Gasteiger partial charge on any atom is 0.358 e. The number of ether oxygens (including phenoxy) is 1. The van der Waals surface area contributed by atoms with E-state index < -0.39 is 22.0 Å². The van der Waals surface area contributed by atoms with E-state index in [2.05, 4.69) is 19.8 Å². The van der Waals surface area contributed by atoms with Gasteiger partial charge in [-0.15, -0.1) is 11.3 Å². The molecule has 4 N–H and O–H groups in total. The number of rotatable bonds is 6. The first-order chi connectivity index (χ1) is 8.88. The Balaban J connectivity index is 2.75. The number of carbonyl (C=O) groups is 2. The molecule has 0 atom stereocenters. The summed E-state index contributed by atoms with van der Waals surface area (Å²) in [5.74, 6) is -0.836. The van der Waals surface area contributed by atoms with E-state index in [-0.39, 0.29) is 23.0 Å². The maximum absolute atomic E-state index is 11.9. The standard InChI is InChI=1S/C8H12N4O5S2/c1-17-6(13)5-7(18-4-11-5)19(15,16)12-3-2-10-8(9)14/h4,12H,2-3H2,1H3,(H3,9,10,14). The van der Waals surface area contributed by atoms with Gasteiger partial charge < -0.3 is 15.8 Å². The Hall–Kier alpha value is -1.72. The van der Waals surface area contributed by atoms with Crippen LogP contribution >= 0.6 is 11.3 Å². The molecule has 0 aromatic carbocycles. The average molecular weight is 308 g/mol. The summed E-state index contributed by atoms with van der Waals surface area (Å²) in [5.41, 5.74) is 5.77. The van der Waals surface area contributed by atoms with Crippen LogP contribution in [0.5, 0.6) is 0 Å². The zero-order valence-corrected chi connectivity index (χ0v) is 11.5. The number of primary amides is 1. The molecule has 0 aliphatic carbocycles. The number of nitrogens with one attached hydrogen (secondary N) is 2. The van der Waals surface area contributed by atoms with E-state index in [1.54, 1.807) is 0 Å². The number of nitrogens with zero attached hydrogens (tertiary/aromatic N) is 1. The number of sulfonamides is 1. The van der Waals surface area contributed by atoms with Crippen molar-refractivity contribution in [3.63, 3.8) is 0 Å². The molecule has 1 rings (SSSR count). The molecule has 1 aromatic rings. The molecule has 1 heterocycles. The van der Waals surface area contributed by atoms with Gasteiger partial charge in [0.25, 0.3) is 10.0 Å². The van der Waals surface area contributed by atoms with Crippen LogP contribution in [0, 0.1) is 0 Å². The molecule has 19 heavy (non-hydrogen) atoms. The van der Waals surface area contributed by atoms with Crippen LogP contribution in [-0.4, -0.2) is 45.6 Å². The average Bonchev–Trinajstić information content (AvgIpc) is 2.83. The summed E-state index contributed by atoms with van der Waals surface area (Å²) >= 11 is 0.790. The summed E-state index contributed by atoms with van der Waals surface area (Å²) in [6, 6.07) is -0.757. The minimum absolute atomic E-state index is 0.0287. The van der Waals surface area contributed by atoms with E-state index in [1.807, 2.05) is 0 Å². The predicted molar refractivity (Wildman–Crippen MR) is 66.2 cm³/mol. The van der Waals surface area contributed by atoms with Crippen LogP contribution in [0.3, 0.4) is 0 Å². The van der Waals surface area contributed by atoms with E-state index in [4.69, 9.17) is 5.73 Å². The number of thiazole rings is 1. The highest BCUT2D eigenvalue weighted by atomic mass is 32.2. The van der Waals surface area contributed by atoms with Crippen LogP contribution in [-0.2, 0) is 14.8 Å². The molecule has 0 bridgehead atoms. The Morgan fingerprint density at radius 1 is 1.47 bits per heavy atom. The third-order valence-corrected chi connectivity index (χ3v) is 4.70. The Bertz CT molecular complexity index is 567. The van der Waals surface area contributed by atoms with Gasteiger partial charge in [-0.2, -0.15) is 0 Å². The normalized spacial score (nSPS) is 11.0. The first-order valence-corrected chi connectivity index (χ1v) is 7.29. The third kappa shape index (κ3) is 4.15. The molecule has 1 aromatic heterocycles. The second-order valence-corrected chi connectivity index (χ2v) is 5.99. The number of hydrogen-bond acceptors (Lipinski definition) is 7. The highest BCUT2D eigenvalue weighted by Gasteiger charge is 2.26. The smallest absolute Gasteiger partial charge is 0.358 e. The second kappa shape index (κ2) is 6.45. The number of nitrogens with two attached hydrogens (primary N) is 1. The second-order valence-electron chi connectivity index (χ2n) is 3.17. The van der Waals surface area contributed by atoms with Gasteiger partial charge in [0.05, 0.1) is 12.6 Å². The number of methoxy groups -OCH3 is 1. The molecule has 0 aliphatic heterocycles. The lowest BCUT2D eigenvalue weighted by Gasteiger charge is -2.06. The third-order valence-electron chi connectivity index (χ3n) is 1.87. The quantitative estimate of drug-likeness (QED) is 0.449. The van der Waals surface area contributed by atoms with Gasteiger partial charge in [-0.05, 0) is 0 Å². The van der Waals surface area contributed by atoms with Crippen molar-refractivity contribution in [3.05, 3.63) is 11.2 Å². The molecule has 0 saturated carbocycles. The lowest BCUT2D eigenvalue weighted by molar-refractivity contribution is 0.0590. The minimum Gasteiger partial charge on any atom is -0.464 e. The van der Waals surface area contributed by atoms with Crippen LogP contribution in [0.25, 0.3) is 0 Å². The van der Waals surface area contributed by atoms with E-state index in [0.29, 0.717) is 0 Å². The number of urea groups is 1. The lowest BCUT2D eigenvalue weighted by atomic mass is 10.5. The molecule has 106 valence electrons. The van der Waals surface area contributed by atoms with Crippen LogP contribution in [0.15, 0.2) is 9.72 Å². The number of hydrogen-bond donors (Lipinski definition) is 3. The summed E-state index contributed by atoms with van der Waals surface area (Å²) in [7, 11) is -2.76. The predicted octanol–water partition coefficient (Wildman–Crippen LogP) is -1.12. The van der Waals surface area contributed by atoms with Crippen molar-refractivity contribution in [2.45, 2.75) is 4.21 Å². The van der Waals surface area contributed by atoms with Gasteiger partial charge in [-0.3, -0.25) is 0 Å². The maximum atomic E-state index is 11.9. The Morgan fingerprint density at radius 3 is 2.74 bits per heavy atom. The fourth-order valence-corrected chi connectivity index (χ4v) is 3.30. The molecule has 0 aliphatic rings. The molecule has 0 unspecified atom stereocenters. The van der Waals surface area contributed by atoms with Gasteiger partial charge in [0.2, 0.25) is 0 Å². The number of carbonyl (C=O) groups excluding carboxylic acids is 2. The van der Waals surface area contributed by atoms with Crippen LogP contribution < -0.4 is 15.8 Å². The van der Waals surface area contributed by atoms with Gasteiger partial charge in [-0.25, -0.2) is 27.7 Å². The number of esters is 1. The van der Waals surface area contributed by atoms with Crippen molar-refractivity contribution in [2.24, 2.45) is 5.73 Å². The highest BCUT2D eigenvalue weighted by Crippen LogP contribution is 2.20. The lowest BCUT2D eigenvalue weighted by Crippen LogP contribution is -2.37. The molecule has 2 amide bonds. The number of amides is 2. The summed E-state index contributed by atoms with van der Waals surface area (Å²) in [5, 5.41) is 2.22. The molecular weight excluding hydrogens is 296 g/mol. The first-order valence-electron chi connectivity index (χ1n) is 4.93. The van der Waals surface area contributed by atoms with Gasteiger partial charge in [0.1, 0.15) is 0 Å². The van der Waals surface area contributed by atoms with Gasteiger partial charge in [0, 0.05) is 13.1 Å². The summed E-state index contributed by atoms with van der Waals surface area (Å²) in [6.45, 7) is -0.0370. The monoisotopic (exact) mass is 308 g/mol. The van der Waals surface area contributed by atoms with Crippen LogP contribution in [0.4, 0.5) is 4.79 Å². The van der Waals surface area contributed by atoms with Crippen molar-refractivity contribution in [1.29, 1.82) is 0 Å². The molecule has 0 fully saturated rings. The van der Waals surface area contributed by atoms with Crippen molar-refractivity contribution >= 4 is 33.4 Å². The fourth-order valence-electron chi connectivity index (χ4n) is 1.10. The Labute approximate surface area is 113 Å². The topological polar surface area (TPSA) is 140 Å². The molecule has 9 nitrogen and oxygen atoms in total. The Kier molecular flexibility index (Phi) is 5.20. The van der Waals surface area contributed by atoms with E-state index >= 15 is 0 Å². The fraction of sp³-hybridized carbons (Fsp3) is 0.375. The largest absolute Gasteiger partial charge is 0.464 e. The highest BCUT2D eigenvalue weighted by molar-refractivity contribution is 7.91. The SMILES string of the molecule is COC(=O)c1ncsc1S(=O)(=O)NCCNC(N)=O. The van der Waals surface area contributed by atoms with Crippen molar-refractivity contribution in [1.82, 2.24) is 15.0 Å². The van der Waals surface area contributed by atoms with E-state index in [1.165, 1.54) is 5.51 Å². The van der Waals surface area contributed by atoms with Gasteiger partial charge in [-0.1, -0.05) is 0 Å². The van der Waals surface area contributed by atoms with Crippen molar-refractivity contribution in [3.8, 4) is 0 Å². The van der Waals surface area contributed by atoms with Crippen LogP contribution in [0.1, 0.15) is 10.5 Å². The zero-order valence-electron chi connectivity index (χ0n) is 9.87. The molecule has 0 saturated heterocycles. The van der Waals surface area contributed by atoms with Gasteiger partial charge >= 0.3 is 12.0 Å². The van der Waals surface area contributed by atoms with Crippen molar-refractivity contribution < 1.29 is 22.7 Å². The Morgan fingerprint density at radius 2 is 2.16 bits per heavy atom. The van der Waals surface area contributed by atoms with E-state index in [9.17, 15) is 18.0 Å². The zero-order chi connectivity index (χ0) is 14.5. The van der Waals surface area contributed by atoms with E-state index in [0.717, 1.165) is 18.4 Å². The number of aromatic nitrogens is 1. The summed E-state index contributed by atoms with van der Waals surface area (Å²) in [6.07, 6.45) is 0. The summed E-state index contributed by atoms with van der Waals surface area (Å²) in [4.78, 5) is 25.4. The van der Waals surface area contributed by atoms with Crippen molar-refractivity contribution in [2.75, 3.05) is 20.2 Å².